The van der Waals surface area contributed by atoms with Crippen LogP contribution in [0, 0.1) is 0 Å². The minimum Gasteiger partial charge on any atom is -0.598 e. The molecule has 4 nitrogen and oxygen atoms in total. The molecule has 16 heavy (non-hydrogen) atoms. The van der Waals surface area contributed by atoms with E-state index in [4.69, 9.17) is 4.74 Å². The number of ether oxygens (including phenoxy) is 1. The van der Waals surface area contributed by atoms with Crippen molar-refractivity contribution in [1.82, 2.24) is 4.72 Å². The van der Waals surface area contributed by atoms with E-state index in [0.29, 0.717) is 0 Å². The summed E-state index contributed by atoms with van der Waals surface area (Å²) in [5, 5.41) is 0. The van der Waals surface area contributed by atoms with E-state index in [9.17, 15) is 9.35 Å². The number of hydrogen-bond acceptors (Lipinski definition) is 4. The Balaban J connectivity index is 4.27. The van der Waals surface area contributed by atoms with Crippen LogP contribution in [0.15, 0.2) is 0 Å². The molecule has 96 valence electrons. The van der Waals surface area contributed by atoms with Crippen LogP contribution in [0.1, 0.15) is 48.5 Å². The van der Waals surface area contributed by atoms with Crippen LogP contribution >= 0.6 is 0 Å². The van der Waals surface area contributed by atoms with Crippen molar-refractivity contribution in [3.05, 3.63) is 0 Å². The van der Waals surface area contributed by atoms with Gasteiger partial charge in [0.05, 0.1) is 0 Å². The lowest BCUT2D eigenvalue weighted by atomic mass is 10.2. The van der Waals surface area contributed by atoms with E-state index in [0.717, 1.165) is 0 Å². The second-order valence-electron chi connectivity index (χ2n) is 5.75. The largest absolute Gasteiger partial charge is 0.598 e. The van der Waals surface area contributed by atoms with Gasteiger partial charge in [-0.15, -0.1) is 4.72 Å². The van der Waals surface area contributed by atoms with Crippen LogP contribution in [0.2, 0.25) is 0 Å². The summed E-state index contributed by atoms with van der Waals surface area (Å²) in [6.07, 6.45) is 0. The predicted octanol–water partition coefficient (Wildman–Crippen LogP) is 1.77. The lowest BCUT2D eigenvalue weighted by Crippen LogP contribution is -2.48. The van der Waals surface area contributed by atoms with Crippen LogP contribution in [0.3, 0.4) is 0 Å². The number of carbonyl (C=O) groups is 1. The Morgan fingerprint density at radius 1 is 1.25 bits per heavy atom. The van der Waals surface area contributed by atoms with E-state index in [1.165, 1.54) is 0 Å². The molecule has 5 heteroatoms. The Labute approximate surface area is 101 Å². The molecule has 0 aromatic rings. The molecule has 1 unspecified atom stereocenters. The maximum absolute atomic E-state index is 11.7. The van der Waals surface area contributed by atoms with Crippen molar-refractivity contribution in [1.29, 1.82) is 0 Å². The summed E-state index contributed by atoms with van der Waals surface area (Å²) in [6, 6.07) is -0.570. The predicted molar refractivity (Wildman–Crippen MR) is 66.3 cm³/mol. The standard InChI is InChI=1S/C11H23NO3S/c1-8(9(13)15-10(2,3)4)12-16(14)11(5,6)7/h8,12H,1-7H3/t8?,16-/m0/s1. The van der Waals surface area contributed by atoms with E-state index in [2.05, 4.69) is 4.72 Å². The topological polar surface area (TPSA) is 61.4 Å². The molecule has 0 aliphatic heterocycles. The fraction of sp³-hybridized carbons (Fsp3) is 0.909. The first-order valence-corrected chi connectivity index (χ1v) is 6.49. The van der Waals surface area contributed by atoms with Gasteiger partial charge in [-0.2, -0.15) is 0 Å². The van der Waals surface area contributed by atoms with Crippen molar-refractivity contribution in [2.45, 2.75) is 64.9 Å². The average Bonchev–Trinajstić information content (AvgIpc) is 1.98. The molecule has 2 atom stereocenters. The van der Waals surface area contributed by atoms with Gasteiger partial charge in [-0.05, 0) is 48.5 Å². The van der Waals surface area contributed by atoms with Crippen molar-refractivity contribution in [3.63, 3.8) is 0 Å². The summed E-state index contributed by atoms with van der Waals surface area (Å²) in [7, 11) is 0. The van der Waals surface area contributed by atoms with Gasteiger partial charge < -0.3 is 9.29 Å². The molecular formula is C11H23NO3S. The Morgan fingerprint density at radius 2 is 1.69 bits per heavy atom. The molecule has 1 N–H and O–H groups in total. The van der Waals surface area contributed by atoms with Gasteiger partial charge >= 0.3 is 5.97 Å². The highest BCUT2D eigenvalue weighted by molar-refractivity contribution is 7.90. The van der Waals surface area contributed by atoms with Crippen LogP contribution in [0.5, 0.6) is 0 Å². The van der Waals surface area contributed by atoms with Crippen LogP contribution in [0.25, 0.3) is 0 Å². The quantitative estimate of drug-likeness (QED) is 0.611. The molecule has 0 bridgehead atoms. The molecule has 0 aliphatic carbocycles. The molecule has 0 amide bonds. The zero-order valence-electron chi connectivity index (χ0n) is 11.2. The molecule has 0 aliphatic rings. The highest BCUT2D eigenvalue weighted by atomic mass is 32.2. The average molecular weight is 249 g/mol. The van der Waals surface area contributed by atoms with Crippen LogP contribution in [-0.4, -0.2) is 26.9 Å². The van der Waals surface area contributed by atoms with Gasteiger partial charge in [0.2, 0.25) is 0 Å². The highest BCUT2D eigenvalue weighted by Crippen LogP contribution is 2.15. The number of carbonyl (C=O) groups excluding carboxylic acids is 1. The molecular weight excluding hydrogens is 226 g/mol. The van der Waals surface area contributed by atoms with Gasteiger partial charge in [-0.1, -0.05) is 0 Å². The molecule has 0 heterocycles. The minimum atomic E-state index is -1.27. The van der Waals surface area contributed by atoms with Crippen molar-refractivity contribution in [3.8, 4) is 0 Å². The van der Waals surface area contributed by atoms with Gasteiger partial charge in [0.25, 0.3) is 0 Å². The van der Waals surface area contributed by atoms with E-state index in [1.54, 1.807) is 27.7 Å². The van der Waals surface area contributed by atoms with E-state index in [1.807, 2.05) is 20.8 Å². The summed E-state index contributed by atoms with van der Waals surface area (Å²) >= 11 is -1.27. The molecule has 0 aromatic carbocycles. The number of hydrogen-bond donors (Lipinski definition) is 1. The van der Waals surface area contributed by atoms with E-state index < -0.39 is 27.8 Å². The maximum Gasteiger partial charge on any atom is 0.327 e. The zero-order valence-corrected chi connectivity index (χ0v) is 12.0. The molecule has 0 spiro atoms. The van der Waals surface area contributed by atoms with Crippen LogP contribution < -0.4 is 4.72 Å². The van der Waals surface area contributed by atoms with E-state index in [-0.39, 0.29) is 5.97 Å². The summed E-state index contributed by atoms with van der Waals surface area (Å²) in [5.41, 5.74) is -0.518. The van der Waals surface area contributed by atoms with Gasteiger partial charge in [0.15, 0.2) is 0 Å². The van der Waals surface area contributed by atoms with Crippen molar-refractivity contribution < 1.29 is 14.1 Å². The summed E-state index contributed by atoms with van der Waals surface area (Å²) in [6.45, 7) is 12.6. The summed E-state index contributed by atoms with van der Waals surface area (Å²) in [4.78, 5) is 11.6. The lowest BCUT2D eigenvalue weighted by molar-refractivity contribution is -0.156. The maximum atomic E-state index is 11.7. The molecule has 0 saturated heterocycles. The third-order valence-corrected chi connectivity index (χ3v) is 3.28. The first kappa shape index (κ1) is 15.7. The lowest BCUT2D eigenvalue weighted by Gasteiger charge is -2.27. The second-order valence-corrected chi connectivity index (χ2v) is 7.75. The molecule has 0 radical (unpaired) electrons. The first-order valence-electron chi connectivity index (χ1n) is 5.34. The first-order chi connectivity index (χ1) is 6.93. The monoisotopic (exact) mass is 249 g/mol. The van der Waals surface area contributed by atoms with E-state index >= 15 is 0 Å². The molecule has 0 saturated carbocycles. The van der Waals surface area contributed by atoms with Gasteiger partial charge in [0, 0.05) is 11.4 Å². The summed E-state index contributed by atoms with van der Waals surface area (Å²) in [5.74, 6) is -0.384. The Hall–Kier alpha value is -0.260. The molecule has 0 rings (SSSR count). The summed E-state index contributed by atoms with van der Waals surface area (Å²) < 4.78 is 19.3. The van der Waals surface area contributed by atoms with Crippen molar-refractivity contribution in [2.75, 3.05) is 0 Å². The normalized spacial score (nSPS) is 16.8. The van der Waals surface area contributed by atoms with Crippen molar-refractivity contribution in [2.24, 2.45) is 0 Å². The zero-order chi connectivity index (χ0) is 13.1. The highest BCUT2D eigenvalue weighted by Gasteiger charge is 2.31. The third kappa shape index (κ3) is 6.35. The Morgan fingerprint density at radius 3 is 2.00 bits per heavy atom. The fourth-order valence-corrected chi connectivity index (χ4v) is 1.55. The number of esters is 1. The van der Waals surface area contributed by atoms with Crippen molar-refractivity contribution >= 4 is 17.3 Å². The fourth-order valence-electron chi connectivity index (χ4n) is 0.776. The molecule has 0 aromatic heterocycles. The number of nitrogens with one attached hydrogen (secondary N) is 1. The SMILES string of the molecule is CC(N[S@@+]([O-])C(C)(C)C)C(=O)OC(C)(C)C. The van der Waals surface area contributed by atoms with Gasteiger partial charge in [-0.25, -0.2) is 0 Å². The Kier molecular flexibility index (Phi) is 5.29. The number of rotatable bonds is 3. The smallest absolute Gasteiger partial charge is 0.327 e. The van der Waals surface area contributed by atoms with Crippen LogP contribution in [-0.2, 0) is 20.9 Å². The third-order valence-electron chi connectivity index (χ3n) is 1.60. The van der Waals surface area contributed by atoms with Crippen LogP contribution in [0.4, 0.5) is 0 Å². The molecule has 0 fully saturated rings. The van der Waals surface area contributed by atoms with Gasteiger partial charge in [-0.3, -0.25) is 4.79 Å². The second kappa shape index (κ2) is 5.38. The Bertz CT molecular complexity index is 243. The van der Waals surface area contributed by atoms with Gasteiger partial charge in [0.1, 0.15) is 16.4 Å². The minimum absolute atomic E-state index is 0.384.